The predicted molar refractivity (Wildman–Crippen MR) is 93.1 cm³/mol. The van der Waals surface area contributed by atoms with E-state index in [1.807, 2.05) is 44.3 Å². The van der Waals surface area contributed by atoms with Crippen LogP contribution in [0.5, 0.6) is 5.75 Å². The van der Waals surface area contributed by atoms with E-state index in [1.165, 1.54) is 0 Å². The van der Waals surface area contributed by atoms with Crippen LogP contribution in [-0.2, 0) is 4.79 Å². The number of benzene rings is 2. The molecule has 0 spiro atoms. The number of hydrogen-bond donors (Lipinski definition) is 2. The summed E-state index contributed by atoms with van der Waals surface area (Å²) in [7, 11) is 3.53. The molecule has 0 aliphatic heterocycles. The van der Waals surface area contributed by atoms with Gasteiger partial charge in [0.25, 0.3) is 0 Å². The Hall–Kier alpha value is -1.78. The molecule has 1 atom stereocenters. The largest absolute Gasteiger partial charge is 0.497 e. The zero-order chi connectivity index (χ0) is 15.2. The molecule has 120 valence electrons. The van der Waals surface area contributed by atoms with Gasteiger partial charge in [-0.25, -0.2) is 0 Å². The maximum absolute atomic E-state index is 12.1. The van der Waals surface area contributed by atoms with E-state index < -0.39 is 0 Å². The fourth-order valence-corrected chi connectivity index (χ4v) is 2.25. The third-order valence-electron chi connectivity index (χ3n) is 3.64. The summed E-state index contributed by atoms with van der Waals surface area (Å²) in [6, 6.07) is 12.1. The van der Waals surface area contributed by atoms with Gasteiger partial charge in [0.15, 0.2) is 0 Å². The maximum Gasteiger partial charge on any atom is 0.227 e. The lowest BCUT2D eigenvalue weighted by Gasteiger charge is -2.13. The Morgan fingerprint density at radius 3 is 2.50 bits per heavy atom. The van der Waals surface area contributed by atoms with Crippen LogP contribution in [0.3, 0.4) is 0 Å². The van der Waals surface area contributed by atoms with Gasteiger partial charge in [0, 0.05) is 13.1 Å². The third kappa shape index (κ3) is 4.36. The molecule has 0 aliphatic rings. The van der Waals surface area contributed by atoms with Gasteiger partial charge in [-0.15, -0.1) is 12.4 Å². The van der Waals surface area contributed by atoms with E-state index >= 15 is 0 Å². The summed E-state index contributed by atoms with van der Waals surface area (Å²) in [6.45, 7) is 3.35. The van der Waals surface area contributed by atoms with Gasteiger partial charge in [-0.2, -0.15) is 0 Å². The smallest absolute Gasteiger partial charge is 0.227 e. The fourth-order valence-electron chi connectivity index (χ4n) is 2.25. The highest BCUT2D eigenvalue weighted by atomic mass is 35.5. The van der Waals surface area contributed by atoms with E-state index in [-0.39, 0.29) is 24.2 Å². The number of carbonyl (C=O) groups is 1. The molecule has 0 saturated carbocycles. The zero-order valence-corrected chi connectivity index (χ0v) is 14.0. The monoisotopic (exact) mass is 322 g/mol. The number of likely N-dealkylation sites (N-methyl/N-ethyl adjacent to an activating group) is 1. The van der Waals surface area contributed by atoms with Gasteiger partial charge in [0.1, 0.15) is 5.75 Å². The van der Waals surface area contributed by atoms with Crippen LogP contribution in [0.15, 0.2) is 36.4 Å². The Morgan fingerprint density at radius 1 is 1.14 bits per heavy atom. The molecule has 2 aromatic rings. The SMILES string of the molecule is CNCCNC(=O)C(C)c1ccc2cc(OC)ccc2c1.Cl. The molecule has 1 unspecified atom stereocenters. The van der Waals surface area contributed by atoms with Gasteiger partial charge in [0.05, 0.1) is 13.0 Å². The van der Waals surface area contributed by atoms with Crippen LogP contribution >= 0.6 is 12.4 Å². The van der Waals surface area contributed by atoms with Crippen molar-refractivity contribution in [1.29, 1.82) is 0 Å². The first-order valence-electron chi connectivity index (χ1n) is 7.15. The molecule has 0 fully saturated rings. The molecular weight excluding hydrogens is 300 g/mol. The second kappa shape index (κ2) is 8.61. The summed E-state index contributed by atoms with van der Waals surface area (Å²) in [6.07, 6.45) is 0. The number of rotatable bonds is 6. The van der Waals surface area contributed by atoms with E-state index in [4.69, 9.17) is 4.74 Å². The van der Waals surface area contributed by atoms with Crippen molar-refractivity contribution >= 4 is 29.1 Å². The highest BCUT2D eigenvalue weighted by Crippen LogP contribution is 2.25. The average Bonchev–Trinajstić information content (AvgIpc) is 2.53. The van der Waals surface area contributed by atoms with Gasteiger partial charge in [-0.3, -0.25) is 4.79 Å². The third-order valence-corrected chi connectivity index (χ3v) is 3.64. The van der Waals surface area contributed by atoms with Crippen molar-refractivity contribution in [3.05, 3.63) is 42.0 Å². The minimum absolute atomic E-state index is 0. The van der Waals surface area contributed by atoms with E-state index in [0.29, 0.717) is 6.54 Å². The van der Waals surface area contributed by atoms with Crippen molar-refractivity contribution in [3.8, 4) is 5.75 Å². The molecule has 0 saturated heterocycles. The molecule has 22 heavy (non-hydrogen) atoms. The molecule has 2 rings (SSSR count). The predicted octanol–water partition coefficient (Wildman–Crippen LogP) is 2.71. The minimum atomic E-state index is -0.159. The average molecular weight is 323 g/mol. The van der Waals surface area contributed by atoms with Gasteiger partial charge >= 0.3 is 0 Å². The van der Waals surface area contributed by atoms with Crippen molar-refractivity contribution in [3.63, 3.8) is 0 Å². The van der Waals surface area contributed by atoms with Crippen LogP contribution in [0.4, 0.5) is 0 Å². The Kier molecular flexibility index (Phi) is 7.15. The Morgan fingerprint density at radius 2 is 1.82 bits per heavy atom. The summed E-state index contributed by atoms with van der Waals surface area (Å²) in [5, 5.41) is 8.16. The number of methoxy groups -OCH3 is 1. The van der Waals surface area contributed by atoms with Crippen molar-refractivity contribution in [2.75, 3.05) is 27.2 Å². The van der Waals surface area contributed by atoms with E-state index in [9.17, 15) is 4.79 Å². The van der Waals surface area contributed by atoms with Crippen LogP contribution in [0, 0.1) is 0 Å². The molecule has 2 aromatic carbocycles. The van der Waals surface area contributed by atoms with Gasteiger partial charge < -0.3 is 15.4 Å². The van der Waals surface area contributed by atoms with Gasteiger partial charge in [-0.1, -0.05) is 24.3 Å². The Labute approximate surface area is 137 Å². The van der Waals surface area contributed by atoms with Crippen molar-refractivity contribution in [2.45, 2.75) is 12.8 Å². The lowest BCUT2D eigenvalue weighted by Crippen LogP contribution is -2.33. The van der Waals surface area contributed by atoms with E-state index in [0.717, 1.165) is 28.6 Å². The van der Waals surface area contributed by atoms with E-state index in [1.54, 1.807) is 7.11 Å². The van der Waals surface area contributed by atoms with Crippen LogP contribution in [0.25, 0.3) is 10.8 Å². The molecule has 0 bridgehead atoms. The van der Waals surface area contributed by atoms with Crippen molar-refractivity contribution in [1.82, 2.24) is 10.6 Å². The van der Waals surface area contributed by atoms with Crippen molar-refractivity contribution < 1.29 is 9.53 Å². The zero-order valence-electron chi connectivity index (χ0n) is 13.2. The van der Waals surface area contributed by atoms with Crippen LogP contribution in [0.2, 0.25) is 0 Å². The molecule has 0 heterocycles. The van der Waals surface area contributed by atoms with Crippen molar-refractivity contribution in [2.24, 2.45) is 0 Å². The first-order chi connectivity index (χ1) is 10.2. The molecule has 0 aromatic heterocycles. The fraction of sp³-hybridized carbons (Fsp3) is 0.353. The second-order valence-electron chi connectivity index (χ2n) is 5.09. The number of ether oxygens (including phenoxy) is 1. The Bertz CT molecular complexity index is 631. The molecule has 4 nitrogen and oxygen atoms in total. The molecule has 0 radical (unpaired) electrons. The lowest BCUT2D eigenvalue weighted by atomic mass is 9.97. The highest BCUT2D eigenvalue weighted by molar-refractivity contribution is 5.88. The quantitative estimate of drug-likeness (QED) is 0.804. The first kappa shape index (κ1) is 18.3. The number of halogens is 1. The lowest BCUT2D eigenvalue weighted by molar-refractivity contribution is -0.122. The minimum Gasteiger partial charge on any atom is -0.497 e. The van der Waals surface area contributed by atoms with Crippen LogP contribution < -0.4 is 15.4 Å². The number of amides is 1. The van der Waals surface area contributed by atoms with Gasteiger partial charge in [-0.05, 0) is 42.4 Å². The normalized spacial score (nSPS) is 11.6. The molecule has 5 heteroatoms. The summed E-state index contributed by atoms with van der Waals surface area (Å²) in [5.74, 6) is 0.736. The molecule has 1 amide bonds. The Balaban J connectivity index is 0.00000242. The molecule has 2 N–H and O–H groups in total. The number of hydrogen-bond acceptors (Lipinski definition) is 3. The first-order valence-corrected chi connectivity index (χ1v) is 7.15. The molecule has 0 aliphatic carbocycles. The number of nitrogens with one attached hydrogen (secondary N) is 2. The summed E-state index contributed by atoms with van der Waals surface area (Å²) in [5.41, 5.74) is 1.02. The highest BCUT2D eigenvalue weighted by Gasteiger charge is 2.14. The summed E-state index contributed by atoms with van der Waals surface area (Å²) in [4.78, 5) is 12.1. The van der Waals surface area contributed by atoms with Gasteiger partial charge in [0.2, 0.25) is 5.91 Å². The van der Waals surface area contributed by atoms with E-state index in [2.05, 4.69) is 16.7 Å². The summed E-state index contributed by atoms with van der Waals surface area (Å²) >= 11 is 0. The molecular formula is C17H23ClN2O2. The maximum atomic E-state index is 12.1. The number of carbonyl (C=O) groups excluding carboxylic acids is 1. The van der Waals surface area contributed by atoms with Crippen LogP contribution in [-0.4, -0.2) is 33.2 Å². The number of fused-ring (bicyclic) bond motifs is 1. The van der Waals surface area contributed by atoms with Crippen LogP contribution in [0.1, 0.15) is 18.4 Å². The second-order valence-corrected chi connectivity index (χ2v) is 5.09. The topological polar surface area (TPSA) is 50.4 Å². The standard InChI is InChI=1S/C17H22N2O2.ClH/c1-12(17(20)19-9-8-18-2)13-4-5-15-11-16(21-3)7-6-14(15)10-13;/h4-7,10-12,18H,8-9H2,1-3H3,(H,19,20);1H. The summed E-state index contributed by atoms with van der Waals surface area (Å²) < 4.78 is 5.22.